The summed E-state index contributed by atoms with van der Waals surface area (Å²) < 4.78 is 7.63. The number of imidazole rings is 1. The van der Waals surface area contributed by atoms with Crippen LogP contribution in [0.25, 0.3) is 12.2 Å². The molecule has 0 unspecified atom stereocenters. The number of nitrogens with zero attached hydrogens (tertiary/aromatic N) is 3. The first kappa shape index (κ1) is 23.9. The van der Waals surface area contributed by atoms with Crippen LogP contribution in [0, 0.1) is 0 Å². The summed E-state index contributed by atoms with van der Waals surface area (Å²) in [5.41, 5.74) is 3.37. The number of hydrogen-bond acceptors (Lipinski definition) is 6. The molecule has 2 heterocycles. The van der Waals surface area contributed by atoms with Gasteiger partial charge in [-0.1, -0.05) is 30.3 Å². The molecule has 0 bridgehead atoms. The topological polar surface area (TPSA) is 88.5 Å². The molecular weight excluding hydrogens is 430 g/mol. The molecule has 0 spiro atoms. The Bertz CT molecular complexity index is 1030. The van der Waals surface area contributed by atoms with Gasteiger partial charge in [0, 0.05) is 44.8 Å². The predicted molar refractivity (Wildman–Crippen MR) is 132 cm³/mol. The van der Waals surface area contributed by atoms with Crippen LogP contribution < -0.4 is 10.6 Å². The van der Waals surface area contributed by atoms with E-state index in [0.29, 0.717) is 17.9 Å². The lowest BCUT2D eigenvalue weighted by molar-refractivity contribution is -0.118. The lowest BCUT2D eigenvalue weighted by atomic mass is 10.1. The average Bonchev–Trinajstić information content (AvgIpc) is 3.64. The van der Waals surface area contributed by atoms with Gasteiger partial charge >= 0.3 is 0 Å². The van der Waals surface area contributed by atoms with Crippen LogP contribution >= 0.6 is 0 Å². The van der Waals surface area contributed by atoms with Crippen LogP contribution in [0.2, 0.25) is 0 Å². The number of rotatable bonds is 11. The van der Waals surface area contributed by atoms with E-state index in [4.69, 9.17) is 4.74 Å². The summed E-state index contributed by atoms with van der Waals surface area (Å²) in [7, 11) is 1.68. The van der Waals surface area contributed by atoms with E-state index in [-0.39, 0.29) is 11.6 Å². The van der Waals surface area contributed by atoms with Gasteiger partial charge in [0.1, 0.15) is 5.70 Å². The van der Waals surface area contributed by atoms with E-state index < -0.39 is 0 Å². The van der Waals surface area contributed by atoms with Gasteiger partial charge in [-0.2, -0.15) is 0 Å². The first-order valence-electron chi connectivity index (χ1n) is 12.0. The number of likely N-dealkylation sites (N-methyl/N-ethyl adjacent to an activating group) is 1. The number of carbonyl (C=O) groups is 2. The molecule has 1 saturated heterocycles. The molecule has 1 aliphatic carbocycles. The third-order valence-corrected chi connectivity index (χ3v) is 6.15. The third-order valence-electron chi connectivity index (χ3n) is 6.15. The summed E-state index contributed by atoms with van der Waals surface area (Å²) in [5, 5.41) is 5.64. The second-order valence-corrected chi connectivity index (χ2v) is 8.68. The highest BCUT2D eigenvalue weighted by molar-refractivity contribution is 6.01. The number of benzene rings is 1. The quantitative estimate of drug-likeness (QED) is 0.393. The highest BCUT2D eigenvalue weighted by atomic mass is 16.5. The van der Waals surface area contributed by atoms with Crippen molar-refractivity contribution in [2.75, 3.05) is 39.9 Å². The molecule has 8 nitrogen and oxygen atoms in total. The van der Waals surface area contributed by atoms with Gasteiger partial charge in [-0.25, -0.2) is 4.98 Å². The summed E-state index contributed by atoms with van der Waals surface area (Å²) in [6.45, 7) is 5.52. The van der Waals surface area contributed by atoms with Gasteiger partial charge in [0.15, 0.2) is 6.29 Å². The number of aryl methyl sites for hydroxylation is 1. The zero-order valence-corrected chi connectivity index (χ0v) is 19.7. The number of nitrogens with one attached hydrogen (secondary N) is 2. The van der Waals surface area contributed by atoms with E-state index >= 15 is 0 Å². The predicted octanol–water partition coefficient (Wildman–Crippen LogP) is 2.40. The Labute approximate surface area is 200 Å². The van der Waals surface area contributed by atoms with Crippen molar-refractivity contribution in [3.8, 4) is 0 Å². The molecule has 1 amide bonds. The third kappa shape index (κ3) is 6.42. The van der Waals surface area contributed by atoms with Crippen molar-refractivity contribution in [3.63, 3.8) is 0 Å². The first-order chi connectivity index (χ1) is 16.7. The van der Waals surface area contributed by atoms with E-state index in [9.17, 15) is 9.59 Å². The maximum atomic E-state index is 12.8. The standard InChI is InChI=1S/C26H33N5O3/c1-27-24(16-20-6-3-2-4-7-20)26(33)29-22(18-32)17-23-25(21-8-9-21)31(19-28-23)11-5-10-30-12-14-34-15-13-30/h2-4,6-7,16-19,21,27H,5,8-15H2,1H3,(H,29,33)/b22-17-,24-16-. The van der Waals surface area contributed by atoms with Crippen LogP contribution in [0.15, 0.2) is 48.1 Å². The van der Waals surface area contributed by atoms with Gasteiger partial charge in [-0.15, -0.1) is 0 Å². The summed E-state index contributed by atoms with van der Waals surface area (Å²) in [4.78, 5) is 31.6. The molecule has 2 N–H and O–H groups in total. The molecule has 2 fully saturated rings. The lowest BCUT2D eigenvalue weighted by Crippen LogP contribution is -2.37. The Morgan fingerprint density at radius 2 is 1.91 bits per heavy atom. The van der Waals surface area contributed by atoms with Crippen molar-refractivity contribution >= 4 is 24.3 Å². The minimum absolute atomic E-state index is 0.194. The fourth-order valence-electron chi connectivity index (χ4n) is 4.20. The van der Waals surface area contributed by atoms with Crippen LogP contribution in [0.4, 0.5) is 0 Å². The molecule has 0 atom stereocenters. The summed E-state index contributed by atoms with van der Waals surface area (Å²) >= 11 is 0. The van der Waals surface area contributed by atoms with E-state index in [1.54, 1.807) is 19.2 Å². The molecule has 1 aromatic heterocycles. The van der Waals surface area contributed by atoms with Crippen molar-refractivity contribution in [2.24, 2.45) is 0 Å². The second-order valence-electron chi connectivity index (χ2n) is 8.68. The van der Waals surface area contributed by atoms with Gasteiger partial charge in [0.2, 0.25) is 0 Å². The maximum absolute atomic E-state index is 12.8. The van der Waals surface area contributed by atoms with Gasteiger partial charge in [-0.3, -0.25) is 14.5 Å². The summed E-state index contributed by atoms with van der Waals surface area (Å²) in [5.74, 6) is 0.0919. The Morgan fingerprint density at radius 3 is 2.59 bits per heavy atom. The van der Waals surface area contributed by atoms with Crippen LogP contribution in [-0.4, -0.2) is 66.5 Å². The smallest absolute Gasteiger partial charge is 0.271 e. The average molecular weight is 464 g/mol. The number of amides is 1. The molecule has 4 rings (SSSR count). The highest BCUT2D eigenvalue weighted by Crippen LogP contribution is 2.42. The van der Waals surface area contributed by atoms with Crippen molar-refractivity contribution in [1.29, 1.82) is 0 Å². The minimum Gasteiger partial charge on any atom is -0.384 e. The van der Waals surface area contributed by atoms with Crippen LogP contribution in [-0.2, 0) is 20.9 Å². The van der Waals surface area contributed by atoms with E-state index in [1.807, 2.05) is 36.7 Å². The number of hydrogen-bond donors (Lipinski definition) is 2. The van der Waals surface area contributed by atoms with Crippen molar-refractivity contribution in [1.82, 2.24) is 25.1 Å². The molecule has 2 aliphatic rings. The van der Waals surface area contributed by atoms with Crippen molar-refractivity contribution in [2.45, 2.75) is 31.7 Å². The van der Waals surface area contributed by atoms with Crippen LogP contribution in [0.1, 0.15) is 42.1 Å². The zero-order chi connectivity index (χ0) is 23.8. The molecule has 1 aromatic carbocycles. The molecule has 34 heavy (non-hydrogen) atoms. The second kappa shape index (κ2) is 11.8. The number of aldehydes is 1. The largest absolute Gasteiger partial charge is 0.384 e. The SMILES string of the molecule is CN/C(=C\c1ccccc1)C(=O)N/C(C=O)=C\c1ncn(CCCN2CCOCC2)c1C1CC1. The van der Waals surface area contributed by atoms with Crippen molar-refractivity contribution in [3.05, 3.63) is 65.0 Å². The fourth-order valence-corrected chi connectivity index (χ4v) is 4.20. The molecule has 180 valence electrons. The van der Waals surface area contributed by atoms with E-state index in [2.05, 4.69) is 25.1 Å². The number of ether oxygens (including phenoxy) is 1. The van der Waals surface area contributed by atoms with E-state index in [1.165, 1.54) is 0 Å². The highest BCUT2D eigenvalue weighted by Gasteiger charge is 2.30. The fraction of sp³-hybridized carbons (Fsp3) is 0.423. The van der Waals surface area contributed by atoms with Gasteiger partial charge < -0.3 is 19.9 Å². The Hall–Kier alpha value is -3.23. The normalized spacial score (nSPS) is 17.4. The van der Waals surface area contributed by atoms with Crippen LogP contribution in [0.5, 0.6) is 0 Å². The Balaban J connectivity index is 1.44. The summed E-state index contributed by atoms with van der Waals surface area (Å²) in [6.07, 6.45) is 9.25. The lowest BCUT2D eigenvalue weighted by Gasteiger charge is -2.26. The minimum atomic E-state index is -0.373. The van der Waals surface area contributed by atoms with Gasteiger partial charge in [0.25, 0.3) is 5.91 Å². The van der Waals surface area contributed by atoms with E-state index in [0.717, 1.165) is 75.6 Å². The van der Waals surface area contributed by atoms with Gasteiger partial charge in [0.05, 0.1) is 30.9 Å². The molecule has 1 saturated carbocycles. The Morgan fingerprint density at radius 1 is 1.15 bits per heavy atom. The number of carbonyl (C=O) groups excluding carboxylic acids is 2. The number of aromatic nitrogens is 2. The summed E-state index contributed by atoms with van der Waals surface area (Å²) in [6, 6.07) is 9.56. The number of morpholine rings is 1. The Kier molecular flexibility index (Phi) is 8.27. The molecule has 8 heteroatoms. The van der Waals surface area contributed by atoms with Crippen LogP contribution in [0.3, 0.4) is 0 Å². The van der Waals surface area contributed by atoms with Crippen molar-refractivity contribution < 1.29 is 14.3 Å². The maximum Gasteiger partial charge on any atom is 0.271 e. The molecule has 0 radical (unpaired) electrons. The zero-order valence-electron chi connectivity index (χ0n) is 19.7. The first-order valence-corrected chi connectivity index (χ1v) is 12.0. The van der Waals surface area contributed by atoms with Gasteiger partial charge in [-0.05, 0) is 37.0 Å². The molecular formula is C26H33N5O3. The molecule has 2 aromatic rings. The monoisotopic (exact) mass is 463 g/mol. The molecule has 1 aliphatic heterocycles. The number of allylic oxidation sites excluding steroid dienone is 1.